The Morgan fingerprint density at radius 2 is 1.52 bits per heavy atom. The summed E-state index contributed by atoms with van der Waals surface area (Å²) in [5.41, 5.74) is 2.90. The summed E-state index contributed by atoms with van der Waals surface area (Å²) in [6.07, 6.45) is 0. The summed E-state index contributed by atoms with van der Waals surface area (Å²) in [5, 5.41) is 3.27. The average Bonchev–Trinajstić information content (AvgIpc) is 2.71. The first-order chi connectivity index (χ1) is 14.7. The second kappa shape index (κ2) is 9.34. The van der Waals surface area contributed by atoms with Crippen LogP contribution in [0.1, 0.15) is 30.8 Å². The Bertz CT molecular complexity index is 1160. The maximum Gasteiger partial charge on any atom is 0.262 e. The molecule has 164 valence electrons. The number of nitrogens with zero attached hydrogens (tertiary/aromatic N) is 3. The molecule has 1 heterocycles. The first kappa shape index (κ1) is 22.6. The molecule has 0 fully saturated rings. The summed E-state index contributed by atoms with van der Waals surface area (Å²) in [6.45, 7) is 11.4. The summed E-state index contributed by atoms with van der Waals surface area (Å²) in [7, 11) is -3.66. The van der Waals surface area contributed by atoms with Crippen LogP contribution in [-0.4, -0.2) is 31.5 Å². The van der Waals surface area contributed by atoms with E-state index in [-0.39, 0.29) is 4.90 Å². The number of aromatic nitrogens is 2. The zero-order valence-corrected chi connectivity index (χ0v) is 19.4. The monoisotopic (exact) mass is 439 g/mol. The molecule has 0 bridgehead atoms. The Kier molecular flexibility index (Phi) is 6.80. The van der Waals surface area contributed by atoms with Crippen molar-refractivity contribution in [3.63, 3.8) is 0 Å². The molecule has 0 aliphatic rings. The fourth-order valence-electron chi connectivity index (χ4n) is 3.30. The van der Waals surface area contributed by atoms with Crippen LogP contribution < -0.4 is 14.9 Å². The number of anilines is 4. The highest BCUT2D eigenvalue weighted by molar-refractivity contribution is 7.92. The Labute approximate surface area is 184 Å². The maximum atomic E-state index is 12.8. The Morgan fingerprint density at radius 3 is 2.16 bits per heavy atom. The normalized spacial score (nSPS) is 11.3. The second-order valence-electron chi connectivity index (χ2n) is 7.41. The van der Waals surface area contributed by atoms with Crippen LogP contribution in [0.25, 0.3) is 0 Å². The molecule has 1 aromatic heterocycles. The molecule has 3 rings (SSSR count). The molecule has 0 radical (unpaired) electrons. The van der Waals surface area contributed by atoms with E-state index in [1.165, 1.54) is 0 Å². The van der Waals surface area contributed by atoms with E-state index in [9.17, 15) is 8.42 Å². The third kappa shape index (κ3) is 5.52. The molecule has 2 aromatic carbocycles. The van der Waals surface area contributed by atoms with E-state index in [0.29, 0.717) is 22.9 Å². The lowest BCUT2D eigenvalue weighted by Gasteiger charge is -2.20. The van der Waals surface area contributed by atoms with Crippen molar-refractivity contribution in [3.05, 3.63) is 65.5 Å². The fourth-order valence-corrected chi connectivity index (χ4v) is 4.69. The van der Waals surface area contributed by atoms with E-state index in [2.05, 4.69) is 38.8 Å². The summed E-state index contributed by atoms with van der Waals surface area (Å²) >= 11 is 0. The van der Waals surface area contributed by atoms with Crippen molar-refractivity contribution in [2.24, 2.45) is 0 Å². The number of nitrogens with one attached hydrogen (secondary N) is 2. The van der Waals surface area contributed by atoms with Crippen LogP contribution >= 0.6 is 0 Å². The standard InChI is InChI=1S/C23H29N5O2S/c1-6-28(7-2)23-15-22(24-18(5)25-23)26-19-10-12-20(13-11-19)27-31(29,30)21-14-16(3)8-9-17(21)4/h8-15,27H,6-7H2,1-5H3,(H,24,25,26). The van der Waals surface area contributed by atoms with Crippen LogP contribution in [0.15, 0.2) is 53.4 Å². The molecule has 3 aromatic rings. The SMILES string of the molecule is CCN(CC)c1cc(Nc2ccc(NS(=O)(=O)c3cc(C)ccc3C)cc2)nc(C)n1. The lowest BCUT2D eigenvalue weighted by atomic mass is 10.2. The van der Waals surface area contributed by atoms with Crippen molar-refractivity contribution >= 4 is 33.0 Å². The minimum Gasteiger partial charge on any atom is -0.357 e. The number of benzene rings is 2. The summed E-state index contributed by atoms with van der Waals surface area (Å²) in [6, 6.07) is 14.4. The molecule has 0 aliphatic heterocycles. The van der Waals surface area contributed by atoms with Crippen molar-refractivity contribution < 1.29 is 8.42 Å². The van der Waals surface area contributed by atoms with Crippen LogP contribution in [0.2, 0.25) is 0 Å². The van der Waals surface area contributed by atoms with Crippen molar-refractivity contribution in [3.8, 4) is 0 Å². The van der Waals surface area contributed by atoms with Gasteiger partial charge in [0, 0.05) is 30.5 Å². The van der Waals surface area contributed by atoms with Crippen LogP contribution in [0.3, 0.4) is 0 Å². The summed E-state index contributed by atoms with van der Waals surface area (Å²) in [5.74, 6) is 2.25. The summed E-state index contributed by atoms with van der Waals surface area (Å²) in [4.78, 5) is 11.4. The fraction of sp³-hybridized carbons (Fsp3) is 0.304. The Hall–Kier alpha value is -3.13. The average molecular weight is 440 g/mol. The van der Waals surface area contributed by atoms with E-state index >= 15 is 0 Å². The Balaban J connectivity index is 1.77. The third-order valence-corrected chi connectivity index (χ3v) is 6.48. The highest BCUT2D eigenvalue weighted by Crippen LogP contribution is 2.24. The van der Waals surface area contributed by atoms with E-state index in [1.54, 1.807) is 25.1 Å². The van der Waals surface area contributed by atoms with Crippen LogP contribution in [0.4, 0.5) is 23.0 Å². The molecule has 8 heteroatoms. The van der Waals surface area contributed by atoms with Gasteiger partial charge in [0.15, 0.2) is 0 Å². The molecule has 0 unspecified atom stereocenters. The smallest absolute Gasteiger partial charge is 0.262 e. The number of aryl methyl sites for hydroxylation is 3. The molecular weight excluding hydrogens is 410 g/mol. The molecular formula is C23H29N5O2S. The molecule has 2 N–H and O–H groups in total. The van der Waals surface area contributed by atoms with Gasteiger partial charge in [0.25, 0.3) is 10.0 Å². The van der Waals surface area contributed by atoms with Gasteiger partial charge in [-0.2, -0.15) is 0 Å². The summed E-state index contributed by atoms with van der Waals surface area (Å²) < 4.78 is 28.3. The minimum atomic E-state index is -3.66. The van der Waals surface area contributed by atoms with Crippen molar-refractivity contribution in [1.29, 1.82) is 0 Å². The predicted molar refractivity (Wildman–Crippen MR) is 127 cm³/mol. The quantitative estimate of drug-likeness (QED) is 0.525. The van der Waals surface area contributed by atoms with Gasteiger partial charge in [-0.3, -0.25) is 4.72 Å². The predicted octanol–water partition coefficient (Wildman–Crippen LogP) is 4.79. The van der Waals surface area contributed by atoms with Gasteiger partial charge in [0.2, 0.25) is 0 Å². The van der Waals surface area contributed by atoms with Gasteiger partial charge in [-0.15, -0.1) is 0 Å². The number of hydrogen-bond acceptors (Lipinski definition) is 6. The lowest BCUT2D eigenvalue weighted by Crippen LogP contribution is -2.23. The molecule has 0 saturated heterocycles. The second-order valence-corrected chi connectivity index (χ2v) is 9.06. The molecule has 0 spiro atoms. The molecule has 7 nitrogen and oxygen atoms in total. The molecule has 0 saturated carbocycles. The third-order valence-electron chi connectivity index (χ3n) is 4.95. The van der Waals surface area contributed by atoms with E-state index in [4.69, 9.17) is 0 Å². The van der Waals surface area contributed by atoms with Gasteiger partial charge in [-0.05, 0) is 76.1 Å². The number of hydrogen-bond donors (Lipinski definition) is 2. The van der Waals surface area contributed by atoms with Crippen molar-refractivity contribution in [1.82, 2.24) is 9.97 Å². The van der Waals surface area contributed by atoms with Crippen LogP contribution in [0.5, 0.6) is 0 Å². The first-order valence-electron chi connectivity index (χ1n) is 10.3. The first-order valence-corrected chi connectivity index (χ1v) is 11.8. The largest absolute Gasteiger partial charge is 0.357 e. The van der Waals surface area contributed by atoms with E-state index in [0.717, 1.165) is 30.2 Å². The van der Waals surface area contributed by atoms with E-state index in [1.807, 2.05) is 44.2 Å². The van der Waals surface area contributed by atoms with Crippen molar-refractivity contribution in [2.45, 2.75) is 39.5 Å². The minimum absolute atomic E-state index is 0.287. The maximum absolute atomic E-state index is 12.8. The molecule has 0 amide bonds. The topological polar surface area (TPSA) is 87.2 Å². The van der Waals surface area contributed by atoms with Gasteiger partial charge >= 0.3 is 0 Å². The van der Waals surface area contributed by atoms with Crippen molar-refractivity contribution in [2.75, 3.05) is 28.0 Å². The number of rotatable bonds is 8. The van der Waals surface area contributed by atoms with Gasteiger partial charge in [-0.25, -0.2) is 18.4 Å². The molecule has 0 aliphatic carbocycles. The highest BCUT2D eigenvalue weighted by atomic mass is 32.2. The zero-order valence-electron chi connectivity index (χ0n) is 18.6. The van der Waals surface area contributed by atoms with E-state index < -0.39 is 10.0 Å². The molecule has 0 atom stereocenters. The van der Waals surface area contributed by atoms with Gasteiger partial charge < -0.3 is 10.2 Å². The lowest BCUT2D eigenvalue weighted by molar-refractivity contribution is 0.600. The van der Waals surface area contributed by atoms with Crippen LogP contribution in [-0.2, 0) is 10.0 Å². The highest BCUT2D eigenvalue weighted by Gasteiger charge is 2.17. The Morgan fingerprint density at radius 1 is 0.871 bits per heavy atom. The van der Waals surface area contributed by atoms with Gasteiger partial charge in [-0.1, -0.05) is 12.1 Å². The van der Waals surface area contributed by atoms with Gasteiger partial charge in [0.05, 0.1) is 4.90 Å². The zero-order chi connectivity index (χ0) is 22.6. The van der Waals surface area contributed by atoms with Gasteiger partial charge in [0.1, 0.15) is 17.5 Å². The van der Waals surface area contributed by atoms with Crippen LogP contribution in [0, 0.1) is 20.8 Å². The number of sulfonamides is 1. The molecule has 31 heavy (non-hydrogen) atoms.